The van der Waals surface area contributed by atoms with Crippen molar-refractivity contribution >= 4 is 11.4 Å². The second-order valence-corrected chi connectivity index (χ2v) is 6.21. The summed E-state index contributed by atoms with van der Waals surface area (Å²) >= 11 is 0. The van der Waals surface area contributed by atoms with Crippen molar-refractivity contribution in [1.82, 2.24) is 4.90 Å². The lowest BCUT2D eigenvalue weighted by Gasteiger charge is -2.36. The fourth-order valence-corrected chi connectivity index (χ4v) is 3.14. The quantitative estimate of drug-likeness (QED) is 0.834. The Morgan fingerprint density at radius 2 is 2.04 bits per heavy atom. The van der Waals surface area contributed by atoms with Gasteiger partial charge in [0.25, 0.3) is 0 Å². The molecule has 1 fully saturated rings. The molecule has 0 spiro atoms. The van der Waals surface area contributed by atoms with Gasteiger partial charge in [0.05, 0.1) is 30.0 Å². The Morgan fingerprint density at radius 3 is 2.69 bits per heavy atom. The number of aliphatic hydroxyl groups is 1. The number of hydrogen-bond acceptors (Lipinski definition) is 4. The molecule has 0 amide bonds. The molecule has 136 valence electrons. The lowest BCUT2D eigenvalue weighted by atomic mass is 10.1. The third-order valence-corrected chi connectivity index (χ3v) is 4.59. The zero-order valence-corrected chi connectivity index (χ0v) is 14.3. The van der Waals surface area contributed by atoms with E-state index in [1.54, 1.807) is 18.2 Å². The average Bonchev–Trinajstić information content (AvgIpc) is 2.67. The Hall–Kier alpha value is -2.62. The molecule has 2 aromatic carbocycles. The zero-order valence-electron chi connectivity index (χ0n) is 17.3. The van der Waals surface area contributed by atoms with E-state index in [9.17, 15) is 4.39 Å². The Labute approximate surface area is 157 Å². The molecular formula is C20H22FN3O2. The number of methoxy groups -OCH3 is 1. The van der Waals surface area contributed by atoms with Crippen LogP contribution in [0.25, 0.3) is 4.85 Å². The number of benzene rings is 2. The highest BCUT2D eigenvalue weighted by molar-refractivity contribution is 5.65. The SMILES string of the molecule is [2H]C([2H])([2H])Oc1cc([N+]#[C-])ccc1N1CCN(Cc2ccc(CO)c(F)c2)CC1. The van der Waals surface area contributed by atoms with Gasteiger partial charge in [0.1, 0.15) is 11.6 Å². The third kappa shape index (κ3) is 3.96. The summed E-state index contributed by atoms with van der Waals surface area (Å²) in [6.45, 7) is 10.1. The van der Waals surface area contributed by atoms with E-state index in [1.807, 2.05) is 11.0 Å². The standard InChI is InChI=1S/C20H22FN3O2/c1-22-17-5-6-19(20(12-17)26-2)24-9-7-23(8-10-24)13-15-3-4-16(14-25)18(21)11-15/h3-6,11-12,25H,7-10,13-14H2,2H3/i2D3. The summed E-state index contributed by atoms with van der Waals surface area (Å²) in [4.78, 5) is 7.55. The minimum atomic E-state index is -2.60. The monoisotopic (exact) mass is 358 g/mol. The van der Waals surface area contributed by atoms with Crippen molar-refractivity contribution in [3.8, 4) is 5.75 Å². The summed E-state index contributed by atoms with van der Waals surface area (Å²) in [5.74, 6) is -0.233. The van der Waals surface area contributed by atoms with Gasteiger partial charge in [-0.1, -0.05) is 18.2 Å². The normalized spacial score (nSPS) is 17.1. The Kier molecular flexibility index (Phi) is 4.57. The molecule has 1 aliphatic rings. The van der Waals surface area contributed by atoms with Crippen LogP contribution in [0.4, 0.5) is 15.8 Å². The van der Waals surface area contributed by atoms with Crippen molar-refractivity contribution in [3.63, 3.8) is 0 Å². The van der Waals surface area contributed by atoms with Crippen LogP contribution >= 0.6 is 0 Å². The highest BCUT2D eigenvalue weighted by atomic mass is 19.1. The molecule has 1 heterocycles. The van der Waals surface area contributed by atoms with E-state index in [4.69, 9.17) is 20.5 Å². The first-order chi connectivity index (χ1) is 13.8. The van der Waals surface area contributed by atoms with Gasteiger partial charge in [0.15, 0.2) is 5.69 Å². The van der Waals surface area contributed by atoms with Gasteiger partial charge in [-0.05, 0) is 23.8 Å². The van der Waals surface area contributed by atoms with Crippen LogP contribution < -0.4 is 9.64 Å². The topological polar surface area (TPSA) is 40.3 Å². The predicted octanol–water partition coefficient (Wildman–Crippen LogP) is 3.20. The number of anilines is 1. The molecule has 26 heavy (non-hydrogen) atoms. The van der Waals surface area contributed by atoms with Gasteiger partial charge in [-0.15, -0.1) is 0 Å². The molecule has 0 aliphatic carbocycles. The number of rotatable bonds is 5. The molecule has 0 atom stereocenters. The second kappa shape index (κ2) is 8.17. The van der Waals surface area contributed by atoms with Crippen LogP contribution in [0, 0.1) is 12.4 Å². The number of ether oxygens (including phenoxy) is 1. The Morgan fingerprint density at radius 1 is 1.23 bits per heavy atom. The highest BCUT2D eigenvalue weighted by Crippen LogP contribution is 2.33. The summed E-state index contributed by atoms with van der Waals surface area (Å²) < 4.78 is 41.1. The van der Waals surface area contributed by atoms with Crippen LogP contribution in [-0.4, -0.2) is 43.2 Å². The van der Waals surface area contributed by atoms with Crippen LogP contribution in [0.5, 0.6) is 5.75 Å². The van der Waals surface area contributed by atoms with Gasteiger partial charge < -0.3 is 14.7 Å². The van der Waals surface area contributed by atoms with Gasteiger partial charge in [0.2, 0.25) is 0 Å². The molecule has 0 radical (unpaired) electrons. The summed E-state index contributed by atoms with van der Waals surface area (Å²) in [7, 11) is -2.60. The summed E-state index contributed by atoms with van der Waals surface area (Å²) in [5.41, 5.74) is 2.08. The van der Waals surface area contributed by atoms with Gasteiger partial charge in [-0.2, -0.15) is 0 Å². The smallest absolute Gasteiger partial charge is 0.191 e. The van der Waals surface area contributed by atoms with E-state index in [0.29, 0.717) is 44.1 Å². The number of aliphatic hydroxyl groups excluding tert-OH is 1. The molecule has 6 heteroatoms. The van der Waals surface area contributed by atoms with E-state index < -0.39 is 12.9 Å². The van der Waals surface area contributed by atoms with E-state index >= 15 is 0 Å². The molecule has 1 aliphatic heterocycles. The molecular weight excluding hydrogens is 333 g/mol. The minimum Gasteiger partial charge on any atom is -0.496 e. The Bertz CT molecular complexity index is 907. The summed E-state index contributed by atoms with van der Waals surface area (Å²) in [6.07, 6.45) is 0. The molecule has 1 saturated heterocycles. The van der Waals surface area contributed by atoms with Crippen LogP contribution in [0.15, 0.2) is 36.4 Å². The highest BCUT2D eigenvalue weighted by Gasteiger charge is 2.20. The van der Waals surface area contributed by atoms with Gasteiger partial charge in [-0.3, -0.25) is 4.90 Å². The van der Waals surface area contributed by atoms with Crippen molar-refractivity contribution < 1.29 is 18.3 Å². The largest absolute Gasteiger partial charge is 0.496 e. The molecule has 0 bridgehead atoms. The van der Waals surface area contributed by atoms with Crippen molar-refractivity contribution in [3.05, 3.63) is 64.8 Å². The second-order valence-electron chi connectivity index (χ2n) is 6.21. The van der Waals surface area contributed by atoms with Crippen molar-refractivity contribution in [1.29, 1.82) is 0 Å². The maximum absolute atomic E-state index is 13.9. The van der Waals surface area contributed by atoms with Gasteiger partial charge in [0, 0.05) is 38.3 Å². The van der Waals surface area contributed by atoms with E-state index in [1.165, 1.54) is 12.1 Å². The van der Waals surface area contributed by atoms with Crippen molar-refractivity contribution in [2.24, 2.45) is 0 Å². The molecule has 5 nitrogen and oxygen atoms in total. The van der Waals surface area contributed by atoms with E-state index in [-0.39, 0.29) is 17.9 Å². The number of hydrogen-bond donors (Lipinski definition) is 1. The van der Waals surface area contributed by atoms with Crippen molar-refractivity contribution in [2.45, 2.75) is 13.2 Å². The van der Waals surface area contributed by atoms with Crippen LogP contribution in [-0.2, 0) is 13.2 Å². The van der Waals surface area contributed by atoms with E-state index in [0.717, 1.165) is 5.56 Å². The molecule has 1 N–H and O–H groups in total. The first-order valence-electron chi connectivity index (χ1n) is 9.85. The maximum atomic E-state index is 13.9. The van der Waals surface area contributed by atoms with Crippen molar-refractivity contribution in [2.75, 3.05) is 38.1 Å². The van der Waals surface area contributed by atoms with Gasteiger partial charge in [-0.25, -0.2) is 9.24 Å². The average molecular weight is 358 g/mol. The minimum absolute atomic E-state index is 0.175. The molecule has 0 saturated carbocycles. The number of halogens is 1. The summed E-state index contributed by atoms with van der Waals surface area (Å²) in [5, 5.41) is 9.08. The first-order valence-corrected chi connectivity index (χ1v) is 8.35. The lowest BCUT2D eigenvalue weighted by molar-refractivity contribution is 0.248. The lowest BCUT2D eigenvalue weighted by Crippen LogP contribution is -2.46. The van der Waals surface area contributed by atoms with Gasteiger partial charge >= 0.3 is 0 Å². The number of nitrogens with zero attached hydrogens (tertiary/aromatic N) is 3. The molecule has 3 rings (SSSR count). The fourth-order valence-electron chi connectivity index (χ4n) is 3.14. The zero-order chi connectivity index (χ0) is 21.0. The molecule has 0 unspecified atom stereocenters. The fraction of sp³-hybridized carbons (Fsp3) is 0.350. The van der Waals surface area contributed by atoms with Crippen LogP contribution in [0.2, 0.25) is 0 Å². The molecule has 2 aromatic rings. The van der Waals surface area contributed by atoms with E-state index in [2.05, 4.69) is 9.74 Å². The summed E-state index contributed by atoms with van der Waals surface area (Å²) in [6, 6.07) is 9.67. The van der Waals surface area contributed by atoms with Crippen LogP contribution in [0.3, 0.4) is 0 Å². The maximum Gasteiger partial charge on any atom is 0.191 e. The third-order valence-electron chi connectivity index (χ3n) is 4.59. The van der Waals surface area contributed by atoms with Crippen LogP contribution in [0.1, 0.15) is 15.2 Å². The first kappa shape index (κ1) is 14.5. The Balaban J connectivity index is 1.67. The molecule has 0 aromatic heterocycles. The number of piperazine rings is 1. The predicted molar refractivity (Wildman–Crippen MR) is 99.1 cm³/mol.